The van der Waals surface area contributed by atoms with Crippen LogP contribution < -0.4 is 9.64 Å². The highest BCUT2D eigenvalue weighted by Crippen LogP contribution is 2.41. The molecule has 0 bridgehead atoms. The lowest BCUT2D eigenvalue weighted by atomic mass is 9.78. The molecular formula is C19H22BrNO4. The van der Waals surface area contributed by atoms with Gasteiger partial charge in [-0.1, -0.05) is 34.7 Å². The minimum atomic E-state index is -0.508. The number of methoxy groups -OCH3 is 1. The van der Waals surface area contributed by atoms with E-state index in [1.807, 2.05) is 19.1 Å². The first-order valence-corrected chi connectivity index (χ1v) is 8.68. The first-order valence-electron chi connectivity index (χ1n) is 7.89. The Morgan fingerprint density at radius 1 is 1.28 bits per heavy atom. The van der Waals surface area contributed by atoms with Gasteiger partial charge in [0.15, 0.2) is 0 Å². The van der Waals surface area contributed by atoms with Crippen molar-refractivity contribution in [3.05, 3.63) is 47.5 Å². The van der Waals surface area contributed by atoms with Gasteiger partial charge < -0.3 is 14.4 Å². The van der Waals surface area contributed by atoms with E-state index in [4.69, 9.17) is 9.47 Å². The molecule has 25 heavy (non-hydrogen) atoms. The number of carbonyl (C=O) groups excluding carboxylic acids is 2. The van der Waals surface area contributed by atoms with Crippen molar-refractivity contribution in [1.82, 2.24) is 0 Å². The fraction of sp³-hybridized carbons (Fsp3) is 0.368. The van der Waals surface area contributed by atoms with E-state index in [2.05, 4.69) is 29.1 Å². The van der Waals surface area contributed by atoms with Crippen LogP contribution in [0.5, 0.6) is 5.75 Å². The fourth-order valence-electron chi connectivity index (χ4n) is 3.10. The van der Waals surface area contributed by atoms with Crippen LogP contribution in [0, 0.1) is 5.92 Å². The van der Waals surface area contributed by atoms with Gasteiger partial charge in [-0.3, -0.25) is 9.59 Å². The molecule has 1 aliphatic rings. The van der Waals surface area contributed by atoms with Crippen LogP contribution in [-0.4, -0.2) is 31.1 Å². The predicted octanol–water partition coefficient (Wildman–Crippen LogP) is 3.83. The van der Waals surface area contributed by atoms with E-state index in [1.54, 1.807) is 24.1 Å². The molecule has 1 saturated heterocycles. The van der Waals surface area contributed by atoms with Crippen LogP contribution in [0.4, 0.5) is 5.69 Å². The zero-order valence-corrected chi connectivity index (χ0v) is 16.2. The third-order valence-electron chi connectivity index (χ3n) is 4.15. The van der Waals surface area contributed by atoms with Crippen LogP contribution in [0.2, 0.25) is 0 Å². The second-order valence-corrected chi connectivity index (χ2v) is 7.21. The summed E-state index contributed by atoms with van der Waals surface area (Å²) in [5, 5.41) is 0. The number of benzene rings is 1. The summed E-state index contributed by atoms with van der Waals surface area (Å²) in [6.45, 7) is 10.9. The number of amides is 1. The van der Waals surface area contributed by atoms with Gasteiger partial charge in [-0.05, 0) is 35.7 Å². The molecule has 0 spiro atoms. The SMILES string of the molecule is C=C(Br)C[C@@H](OC(C)=O)[C@H]1[C@@H](C(=C)C)C(=O)N1c1ccc(OC)cc1. The van der Waals surface area contributed by atoms with Gasteiger partial charge in [0.05, 0.1) is 19.1 Å². The van der Waals surface area contributed by atoms with Gasteiger partial charge in [0.1, 0.15) is 11.9 Å². The average molecular weight is 408 g/mol. The molecule has 1 fully saturated rings. The summed E-state index contributed by atoms with van der Waals surface area (Å²) < 4.78 is 11.4. The Morgan fingerprint density at radius 2 is 1.88 bits per heavy atom. The zero-order chi connectivity index (χ0) is 18.7. The maximum absolute atomic E-state index is 12.7. The Hall–Kier alpha value is -2.08. The lowest BCUT2D eigenvalue weighted by molar-refractivity contribution is -0.152. The molecule has 134 valence electrons. The first-order chi connectivity index (χ1) is 11.8. The van der Waals surface area contributed by atoms with E-state index in [1.165, 1.54) is 6.92 Å². The molecule has 3 atom stereocenters. The highest BCUT2D eigenvalue weighted by Gasteiger charge is 2.53. The summed E-state index contributed by atoms with van der Waals surface area (Å²) in [4.78, 5) is 25.9. The molecule has 0 unspecified atom stereocenters. The van der Waals surface area contributed by atoms with Crippen molar-refractivity contribution >= 4 is 33.5 Å². The Kier molecular flexibility index (Phi) is 6.06. The van der Waals surface area contributed by atoms with Crippen LogP contribution in [0.1, 0.15) is 20.3 Å². The summed E-state index contributed by atoms with van der Waals surface area (Å²) in [5.41, 5.74) is 1.47. The van der Waals surface area contributed by atoms with Gasteiger partial charge >= 0.3 is 5.97 Å². The van der Waals surface area contributed by atoms with Gasteiger partial charge in [0, 0.05) is 19.0 Å². The van der Waals surface area contributed by atoms with Crippen molar-refractivity contribution < 1.29 is 19.1 Å². The van der Waals surface area contributed by atoms with Gasteiger partial charge in [-0.2, -0.15) is 0 Å². The molecule has 0 aromatic heterocycles. The van der Waals surface area contributed by atoms with Gasteiger partial charge in [0.2, 0.25) is 5.91 Å². The maximum atomic E-state index is 12.7. The Balaban J connectivity index is 2.38. The highest BCUT2D eigenvalue weighted by atomic mass is 79.9. The normalized spacial score (nSPS) is 20.5. The van der Waals surface area contributed by atoms with E-state index < -0.39 is 18.0 Å². The van der Waals surface area contributed by atoms with E-state index in [9.17, 15) is 9.59 Å². The number of anilines is 1. The van der Waals surface area contributed by atoms with Crippen LogP contribution in [0.15, 0.2) is 47.5 Å². The molecule has 2 rings (SSSR count). The highest BCUT2D eigenvalue weighted by molar-refractivity contribution is 9.11. The van der Waals surface area contributed by atoms with Crippen molar-refractivity contribution in [3.63, 3.8) is 0 Å². The number of carbonyl (C=O) groups is 2. The minimum absolute atomic E-state index is 0.0556. The third kappa shape index (κ3) is 4.12. The zero-order valence-electron chi connectivity index (χ0n) is 14.6. The Bertz CT molecular complexity index is 682. The summed E-state index contributed by atoms with van der Waals surface area (Å²) in [6.07, 6.45) is -0.0978. The number of hydrogen-bond acceptors (Lipinski definition) is 4. The molecule has 1 heterocycles. The number of β-lactam (4-membered cyclic amide) rings is 1. The number of rotatable bonds is 7. The molecule has 1 amide bonds. The van der Waals surface area contributed by atoms with Crippen molar-refractivity contribution in [2.75, 3.05) is 12.0 Å². The quantitative estimate of drug-likeness (QED) is 0.391. The molecule has 0 radical (unpaired) electrons. The topological polar surface area (TPSA) is 55.8 Å². The molecule has 1 aromatic carbocycles. The monoisotopic (exact) mass is 407 g/mol. The molecule has 6 heteroatoms. The van der Waals surface area contributed by atoms with Crippen molar-refractivity contribution in [2.24, 2.45) is 5.92 Å². The third-order valence-corrected chi connectivity index (χ3v) is 4.47. The fourth-order valence-corrected chi connectivity index (χ4v) is 3.42. The number of halogens is 1. The lowest BCUT2D eigenvalue weighted by Crippen LogP contribution is -2.66. The van der Waals surface area contributed by atoms with Gasteiger partial charge in [-0.25, -0.2) is 0 Å². The van der Waals surface area contributed by atoms with E-state index in [0.717, 1.165) is 11.3 Å². The number of hydrogen-bond donors (Lipinski definition) is 0. The second kappa shape index (κ2) is 7.87. The van der Waals surface area contributed by atoms with E-state index in [-0.39, 0.29) is 11.9 Å². The minimum Gasteiger partial charge on any atom is -0.497 e. The van der Waals surface area contributed by atoms with Crippen LogP contribution in [0.25, 0.3) is 0 Å². The standard InChI is InChI=1S/C19H22BrNO4/c1-11(2)17-18(16(10-12(3)20)25-13(4)22)21(19(17)23)14-6-8-15(24-5)9-7-14/h6-9,16-18H,1,3,10H2,2,4-5H3/t16-,17-,18+/m1/s1. The Labute approximate surface area is 156 Å². The summed E-state index contributed by atoms with van der Waals surface area (Å²) in [5.74, 6) is -0.137. The van der Waals surface area contributed by atoms with E-state index in [0.29, 0.717) is 16.7 Å². The number of ether oxygens (including phenoxy) is 2. The van der Waals surface area contributed by atoms with Crippen molar-refractivity contribution in [3.8, 4) is 5.75 Å². The largest absolute Gasteiger partial charge is 0.497 e. The molecule has 0 aliphatic carbocycles. The number of esters is 1. The molecule has 1 aromatic rings. The molecule has 5 nitrogen and oxygen atoms in total. The van der Waals surface area contributed by atoms with E-state index >= 15 is 0 Å². The molecular weight excluding hydrogens is 386 g/mol. The Morgan fingerprint density at radius 3 is 2.32 bits per heavy atom. The maximum Gasteiger partial charge on any atom is 0.302 e. The second-order valence-electron chi connectivity index (χ2n) is 6.09. The summed E-state index contributed by atoms with van der Waals surface area (Å²) in [7, 11) is 1.59. The predicted molar refractivity (Wildman–Crippen MR) is 101 cm³/mol. The summed E-state index contributed by atoms with van der Waals surface area (Å²) in [6, 6.07) is 6.88. The smallest absolute Gasteiger partial charge is 0.302 e. The van der Waals surface area contributed by atoms with Crippen LogP contribution >= 0.6 is 15.9 Å². The molecule has 0 saturated carbocycles. The van der Waals surface area contributed by atoms with Gasteiger partial charge in [0.25, 0.3) is 0 Å². The van der Waals surface area contributed by atoms with Crippen molar-refractivity contribution in [1.29, 1.82) is 0 Å². The lowest BCUT2D eigenvalue weighted by Gasteiger charge is -2.50. The van der Waals surface area contributed by atoms with Crippen LogP contribution in [0.3, 0.4) is 0 Å². The molecule has 0 N–H and O–H groups in total. The van der Waals surface area contributed by atoms with Crippen molar-refractivity contribution in [2.45, 2.75) is 32.4 Å². The summed E-state index contributed by atoms with van der Waals surface area (Å²) >= 11 is 3.33. The van der Waals surface area contributed by atoms with Crippen LogP contribution in [-0.2, 0) is 14.3 Å². The number of nitrogens with zero attached hydrogens (tertiary/aromatic N) is 1. The van der Waals surface area contributed by atoms with Gasteiger partial charge in [-0.15, -0.1) is 0 Å². The average Bonchev–Trinajstić information content (AvgIpc) is 2.51. The first kappa shape index (κ1) is 19.2. The molecule has 1 aliphatic heterocycles.